The maximum absolute atomic E-state index is 12.4. The lowest BCUT2D eigenvalue weighted by atomic mass is 10.1. The van der Waals surface area contributed by atoms with Gasteiger partial charge in [-0.1, -0.05) is 25.1 Å². The zero-order valence-electron chi connectivity index (χ0n) is 13.9. The van der Waals surface area contributed by atoms with E-state index in [0.29, 0.717) is 30.4 Å². The Hall–Kier alpha value is -2.69. The maximum atomic E-state index is 12.4. The number of amides is 1. The molecular formula is C19H21NO4. The first-order valence-corrected chi connectivity index (χ1v) is 8.12. The van der Waals surface area contributed by atoms with Gasteiger partial charge in [-0.25, -0.2) is 0 Å². The van der Waals surface area contributed by atoms with Crippen LogP contribution in [-0.2, 0) is 11.2 Å². The van der Waals surface area contributed by atoms with E-state index in [0.717, 1.165) is 17.7 Å². The van der Waals surface area contributed by atoms with Gasteiger partial charge in [0.25, 0.3) is 5.91 Å². The summed E-state index contributed by atoms with van der Waals surface area (Å²) in [6, 6.07) is 13.1. The van der Waals surface area contributed by atoms with Crippen molar-refractivity contribution in [1.82, 2.24) is 0 Å². The molecule has 126 valence electrons. The maximum Gasteiger partial charge on any atom is 0.265 e. The average molecular weight is 327 g/mol. The van der Waals surface area contributed by atoms with Crippen LogP contribution in [0.5, 0.6) is 17.2 Å². The fourth-order valence-electron chi connectivity index (χ4n) is 2.52. The Morgan fingerprint density at radius 3 is 2.71 bits per heavy atom. The first-order valence-electron chi connectivity index (χ1n) is 8.12. The predicted octanol–water partition coefficient (Wildman–Crippen LogP) is 3.43. The summed E-state index contributed by atoms with van der Waals surface area (Å²) in [4.78, 5) is 12.4. The van der Waals surface area contributed by atoms with Crippen molar-refractivity contribution in [2.24, 2.45) is 0 Å². The highest BCUT2D eigenvalue weighted by Gasteiger charge is 2.18. The molecule has 24 heavy (non-hydrogen) atoms. The minimum Gasteiger partial charge on any atom is -0.486 e. The highest BCUT2D eigenvalue weighted by molar-refractivity contribution is 5.94. The van der Waals surface area contributed by atoms with Crippen LogP contribution in [0, 0.1) is 0 Å². The van der Waals surface area contributed by atoms with Gasteiger partial charge in [0.15, 0.2) is 17.6 Å². The molecule has 5 nitrogen and oxygen atoms in total. The normalized spacial score (nSPS) is 13.9. The van der Waals surface area contributed by atoms with Gasteiger partial charge >= 0.3 is 0 Å². The minimum absolute atomic E-state index is 0.211. The Bertz CT molecular complexity index is 729. The average Bonchev–Trinajstić information content (AvgIpc) is 2.62. The van der Waals surface area contributed by atoms with Gasteiger partial charge in [0.2, 0.25) is 0 Å². The lowest BCUT2D eigenvalue weighted by Crippen LogP contribution is -2.30. The van der Waals surface area contributed by atoms with Crippen molar-refractivity contribution in [3.8, 4) is 17.2 Å². The third-order valence-corrected chi connectivity index (χ3v) is 3.84. The van der Waals surface area contributed by atoms with E-state index >= 15 is 0 Å². The van der Waals surface area contributed by atoms with Gasteiger partial charge in [0.05, 0.1) is 0 Å². The predicted molar refractivity (Wildman–Crippen MR) is 92.0 cm³/mol. The van der Waals surface area contributed by atoms with E-state index in [9.17, 15) is 4.79 Å². The number of ether oxygens (including phenoxy) is 3. The van der Waals surface area contributed by atoms with Crippen LogP contribution in [0.15, 0.2) is 42.5 Å². The van der Waals surface area contributed by atoms with E-state index in [1.165, 1.54) is 0 Å². The topological polar surface area (TPSA) is 56.8 Å². The van der Waals surface area contributed by atoms with Gasteiger partial charge in [-0.2, -0.15) is 0 Å². The van der Waals surface area contributed by atoms with Gasteiger partial charge in [-0.15, -0.1) is 0 Å². The summed E-state index contributed by atoms with van der Waals surface area (Å²) < 4.78 is 16.8. The van der Waals surface area contributed by atoms with Crippen molar-refractivity contribution in [2.75, 3.05) is 18.5 Å². The summed E-state index contributed by atoms with van der Waals surface area (Å²) in [5.41, 5.74) is 1.74. The van der Waals surface area contributed by atoms with Crippen molar-refractivity contribution >= 4 is 11.6 Å². The van der Waals surface area contributed by atoms with Crippen LogP contribution in [0.25, 0.3) is 0 Å². The van der Waals surface area contributed by atoms with E-state index in [1.54, 1.807) is 25.1 Å². The fourth-order valence-corrected chi connectivity index (χ4v) is 2.52. The van der Waals surface area contributed by atoms with Crippen molar-refractivity contribution in [3.63, 3.8) is 0 Å². The van der Waals surface area contributed by atoms with Gasteiger partial charge in [-0.3, -0.25) is 4.79 Å². The van der Waals surface area contributed by atoms with Crippen molar-refractivity contribution in [1.29, 1.82) is 0 Å². The molecule has 1 heterocycles. The molecule has 0 saturated heterocycles. The molecule has 0 spiro atoms. The number of hydrogen-bond acceptors (Lipinski definition) is 4. The number of carbonyl (C=O) groups excluding carboxylic acids is 1. The van der Waals surface area contributed by atoms with Crippen LogP contribution in [-0.4, -0.2) is 25.2 Å². The molecule has 0 aliphatic carbocycles. The molecule has 1 atom stereocenters. The summed E-state index contributed by atoms with van der Waals surface area (Å²) in [6.45, 7) is 4.85. The number of carbonyl (C=O) groups is 1. The minimum atomic E-state index is -0.606. The quantitative estimate of drug-likeness (QED) is 0.914. The Kier molecular flexibility index (Phi) is 4.89. The second-order valence-electron chi connectivity index (χ2n) is 5.57. The highest BCUT2D eigenvalue weighted by Crippen LogP contribution is 2.32. The number of rotatable bonds is 5. The van der Waals surface area contributed by atoms with Crippen LogP contribution >= 0.6 is 0 Å². The molecular weight excluding hydrogens is 306 g/mol. The summed E-state index contributed by atoms with van der Waals surface area (Å²) in [6.07, 6.45) is 0.248. The molecule has 1 N–H and O–H groups in total. The van der Waals surface area contributed by atoms with E-state index in [1.807, 2.05) is 24.3 Å². The second kappa shape index (κ2) is 7.25. The Morgan fingerprint density at radius 2 is 1.92 bits per heavy atom. The second-order valence-corrected chi connectivity index (χ2v) is 5.57. The number of fused-ring (bicyclic) bond motifs is 1. The third kappa shape index (κ3) is 3.62. The van der Waals surface area contributed by atoms with Crippen LogP contribution in [0.3, 0.4) is 0 Å². The molecule has 2 aromatic rings. The van der Waals surface area contributed by atoms with Gasteiger partial charge in [0.1, 0.15) is 19.0 Å². The molecule has 0 fully saturated rings. The molecule has 0 aromatic heterocycles. The lowest BCUT2D eigenvalue weighted by molar-refractivity contribution is -0.122. The molecule has 0 unspecified atom stereocenters. The van der Waals surface area contributed by atoms with Crippen molar-refractivity contribution < 1.29 is 19.0 Å². The van der Waals surface area contributed by atoms with Crippen LogP contribution in [0.1, 0.15) is 19.4 Å². The van der Waals surface area contributed by atoms with E-state index in [4.69, 9.17) is 14.2 Å². The van der Waals surface area contributed by atoms with Crippen LogP contribution < -0.4 is 19.5 Å². The van der Waals surface area contributed by atoms with Crippen molar-refractivity contribution in [2.45, 2.75) is 26.4 Å². The molecule has 5 heteroatoms. The van der Waals surface area contributed by atoms with E-state index < -0.39 is 6.10 Å². The Labute approximate surface area is 141 Å². The number of hydrogen-bond donors (Lipinski definition) is 1. The molecule has 3 rings (SSSR count). The van der Waals surface area contributed by atoms with Crippen LogP contribution in [0.2, 0.25) is 0 Å². The molecule has 0 bridgehead atoms. The molecule has 0 saturated carbocycles. The number of benzene rings is 2. The summed E-state index contributed by atoms with van der Waals surface area (Å²) >= 11 is 0. The highest BCUT2D eigenvalue weighted by atomic mass is 16.6. The van der Waals surface area contributed by atoms with Crippen LogP contribution in [0.4, 0.5) is 5.69 Å². The number of aryl methyl sites for hydroxylation is 1. The standard InChI is InChI=1S/C19H21NO4/c1-3-14-6-4-5-7-16(14)24-13(2)19(21)20-15-8-9-17-18(12-15)23-11-10-22-17/h4-9,12-13H,3,10-11H2,1-2H3,(H,20,21)/t13-/m0/s1. The number of nitrogens with one attached hydrogen (secondary N) is 1. The monoisotopic (exact) mass is 327 g/mol. The molecule has 2 aromatic carbocycles. The zero-order valence-corrected chi connectivity index (χ0v) is 13.9. The molecule has 1 aliphatic rings. The molecule has 1 amide bonds. The van der Waals surface area contributed by atoms with Gasteiger partial charge in [-0.05, 0) is 37.1 Å². The smallest absolute Gasteiger partial charge is 0.265 e. The molecule has 1 aliphatic heterocycles. The Balaban J connectivity index is 1.66. The Morgan fingerprint density at radius 1 is 1.17 bits per heavy atom. The van der Waals surface area contributed by atoms with Gasteiger partial charge in [0, 0.05) is 11.8 Å². The van der Waals surface area contributed by atoms with Gasteiger partial charge < -0.3 is 19.5 Å². The first-order chi connectivity index (χ1) is 11.7. The number of anilines is 1. The summed E-state index contributed by atoms with van der Waals surface area (Å²) in [7, 11) is 0. The first kappa shape index (κ1) is 16.2. The summed E-state index contributed by atoms with van der Waals surface area (Å²) in [5.74, 6) is 1.87. The SMILES string of the molecule is CCc1ccccc1O[C@@H](C)C(=O)Nc1ccc2c(c1)OCCO2. The fraction of sp³-hybridized carbons (Fsp3) is 0.316. The van der Waals surface area contributed by atoms with E-state index in [2.05, 4.69) is 12.2 Å². The lowest BCUT2D eigenvalue weighted by Gasteiger charge is -2.20. The molecule has 0 radical (unpaired) electrons. The zero-order chi connectivity index (χ0) is 16.9. The largest absolute Gasteiger partial charge is 0.486 e. The van der Waals surface area contributed by atoms with E-state index in [-0.39, 0.29) is 5.91 Å². The third-order valence-electron chi connectivity index (χ3n) is 3.84. The summed E-state index contributed by atoms with van der Waals surface area (Å²) in [5, 5.41) is 2.85. The van der Waals surface area contributed by atoms with Crippen molar-refractivity contribution in [3.05, 3.63) is 48.0 Å². The number of para-hydroxylation sites is 1.